The van der Waals surface area contributed by atoms with E-state index in [9.17, 15) is 8.42 Å². The second-order valence-electron chi connectivity index (χ2n) is 6.40. The highest BCUT2D eigenvalue weighted by Crippen LogP contribution is 2.29. The van der Waals surface area contributed by atoms with Crippen LogP contribution in [0.2, 0.25) is 0 Å². The van der Waals surface area contributed by atoms with Crippen LogP contribution in [0.3, 0.4) is 0 Å². The van der Waals surface area contributed by atoms with Gasteiger partial charge in [-0.3, -0.25) is 4.98 Å². The van der Waals surface area contributed by atoms with Gasteiger partial charge < -0.3 is 9.26 Å². The average molecular weight is 401 g/mol. The number of methoxy groups -OCH3 is 1. The Kier molecular flexibility index (Phi) is 5.05. The number of rotatable bonds is 6. The zero-order valence-electron chi connectivity index (χ0n) is 15.2. The highest BCUT2D eigenvalue weighted by molar-refractivity contribution is 7.89. The zero-order valence-corrected chi connectivity index (χ0v) is 16.0. The van der Waals surface area contributed by atoms with Crippen LogP contribution in [0.4, 0.5) is 0 Å². The first-order valence-corrected chi connectivity index (χ1v) is 10.3. The molecule has 28 heavy (non-hydrogen) atoms. The van der Waals surface area contributed by atoms with Crippen molar-refractivity contribution in [3.05, 3.63) is 48.7 Å². The Bertz CT molecular complexity index is 1040. The molecule has 1 fully saturated rings. The van der Waals surface area contributed by atoms with Crippen LogP contribution in [0.1, 0.15) is 18.7 Å². The van der Waals surface area contributed by atoms with Gasteiger partial charge >= 0.3 is 0 Å². The summed E-state index contributed by atoms with van der Waals surface area (Å²) < 4.78 is 38.0. The minimum absolute atomic E-state index is 0.223. The molecule has 0 radical (unpaired) electrons. The Hall–Kier alpha value is -2.85. The van der Waals surface area contributed by atoms with Crippen molar-refractivity contribution in [1.29, 1.82) is 0 Å². The minimum Gasteiger partial charge on any atom is -0.497 e. The topological polar surface area (TPSA) is 111 Å². The number of nitrogens with zero attached hydrogens (tertiary/aromatic N) is 5. The van der Waals surface area contributed by atoms with Gasteiger partial charge in [0.1, 0.15) is 11.4 Å². The molecule has 0 amide bonds. The quantitative estimate of drug-likeness (QED) is 0.616. The zero-order chi connectivity index (χ0) is 19.6. The van der Waals surface area contributed by atoms with Gasteiger partial charge in [0, 0.05) is 31.4 Å². The molecule has 10 heteroatoms. The number of aromatic nitrogens is 4. The van der Waals surface area contributed by atoms with Crippen molar-refractivity contribution in [2.24, 2.45) is 0 Å². The van der Waals surface area contributed by atoms with Gasteiger partial charge in [-0.2, -0.15) is 9.29 Å². The first-order chi connectivity index (χ1) is 13.6. The number of sulfonamides is 1. The third kappa shape index (κ3) is 3.60. The van der Waals surface area contributed by atoms with Gasteiger partial charge in [-0.25, -0.2) is 13.4 Å². The molecule has 146 valence electrons. The lowest BCUT2D eigenvalue weighted by atomic mass is 10.1. The van der Waals surface area contributed by atoms with E-state index in [1.165, 1.54) is 10.5 Å². The third-order valence-corrected chi connectivity index (χ3v) is 6.62. The molecule has 1 aliphatic rings. The van der Waals surface area contributed by atoms with Crippen LogP contribution in [0.15, 0.2) is 52.3 Å². The van der Waals surface area contributed by atoms with Gasteiger partial charge in [-0.05, 0) is 37.1 Å². The van der Waals surface area contributed by atoms with Crippen molar-refractivity contribution < 1.29 is 17.7 Å². The molecule has 2 aromatic heterocycles. The van der Waals surface area contributed by atoms with Crippen molar-refractivity contribution in [1.82, 2.24) is 24.4 Å². The van der Waals surface area contributed by atoms with E-state index in [1.54, 1.807) is 43.8 Å². The molecular formula is C18H19N5O4S. The summed E-state index contributed by atoms with van der Waals surface area (Å²) >= 11 is 0. The summed E-state index contributed by atoms with van der Waals surface area (Å²) in [5, 5.41) is 3.98. The molecule has 4 rings (SSSR count). The summed E-state index contributed by atoms with van der Waals surface area (Å²) in [7, 11) is -2.07. The van der Waals surface area contributed by atoms with Crippen molar-refractivity contribution in [2.75, 3.05) is 13.7 Å². The van der Waals surface area contributed by atoms with Crippen LogP contribution < -0.4 is 4.74 Å². The number of benzene rings is 1. The lowest BCUT2D eigenvalue weighted by Crippen LogP contribution is -2.37. The largest absolute Gasteiger partial charge is 0.497 e. The first kappa shape index (κ1) is 18.5. The third-order valence-electron chi connectivity index (χ3n) is 4.66. The Balaban J connectivity index is 1.53. The summed E-state index contributed by atoms with van der Waals surface area (Å²) in [6.07, 6.45) is 6.53. The second-order valence-corrected chi connectivity index (χ2v) is 8.29. The maximum atomic E-state index is 13.1. The predicted octanol–water partition coefficient (Wildman–Crippen LogP) is 1.93. The van der Waals surface area contributed by atoms with Crippen molar-refractivity contribution >= 4 is 10.0 Å². The maximum absolute atomic E-state index is 13.1. The lowest BCUT2D eigenvalue weighted by Gasteiger charge is -2.23. The Labute approximate surface area is 162 Å². The standard InChI is InChI=1S/C18H19N5O4S/c1-26-14-4-6-15(7-5-14)28(24,25)23-10-2-3-13(23)11-17-21-18(27-22-17)16-12-19-8-9-20-16/h4-9,12-13H,2-3,10-11H2,1H3/t13-/m1/s1. The van der Waals surface area contributed by atoms with Gasteiger partial charge in [0.25, 0.3) is 5.89 Å². The molecule has 0 bridgehead atoms. The van der Waals surface area contributed by atoms with Gasteiger partial charge in [0.15, 0.2) is 5.82 Å². The fraction of sp³-hybridized carbons (Fsp3) is 0.333. The molecule has 1 atom stereocenters. The predicted molar refractivity (Wildman–Crippen MR) is 98.9 cm³/mol. The van der Waals surface area contributed by atoms with E-state index in [0.717, 1.165) is 12.8 Å². The highest BCUT2D eigenvalue weighted by atomic mass is 32.2. The number of hydrogen-bond acceptors (Lipinski definition) is 8. The normalized spacial score (nSPS) is 17.7. The van der Waals surface area contributed by atoms with E-state index in [-0.39, 0.29) is 16.8 Å². The van der Waals surface area contributed by atoms with Crippen LogP contribution in [0.25, 0.3) is 11.6 Å². The molecule has 0 aliphatic carbocycles. The molecule has 0 unspecified atom stereocenters. The number of hydrogen-bond donors (Lipinski definition) is 0. The molecule has 0 spiro atoms. The SMILES string of the molecule is COc1ccc(S(=O)(=O)N2CCC[C@@H]2Cc2noc(-c3cnccn3)n2)cc1. The molecule has 3 heterocycles. The van der Waals surface area contributed by atoms with Gasteiger partial charge in [-0.1, -0.05) is 5.16 Å². The summed E-state index contributed by atoms with van der Waals surface area (Å²) in [5.41, 5.74) is 0.482. The van der Waals surface area contributed by atoms with E-state index >= 15 is 0 Å². The van der Waals surface area contributed by atoms with E-state index in [1.807, 2.05) is 0 Å². The Morgan fingerprint density at radius 3 is 2.79 bits per heavy atom. The molecule has 3 aromatic rings. The minimum atomic E-state index is -3.61. The Morgan fingerprint density at radius 1 is 1.25 bits per heavy atom. The highest BCUT2D eigenvalue weighted by Gasteiger charge is 2.36. The van der Waals surface area contributed by atoms with E-state index < -0.39 is 10.0 Å². The molecule has 1 aliphatic heterocycles. The molecule has 9 nitrogen and oxygen atoms in total. The van der Waals surface area contributed by atoms with Crippen LogP contribution in [-0.2, 0) is 16.4 Å². The number of ether oxygens (including phenoxy) is 1. The maximum Gasteiger partial charge on any atom is 0.278 e. The summed E-state index contributed by atoms with van der Waals surface area (Å²) in [6.45, 7) is 0.466. The average Bonchev–Trinajstić information content (AvgIpc) is 3.39. The second kappa shape index (κ2) is 7.64. The molecular weight excluding hydrogens is 382 g/mol. The molecule has 1 aromatic carbocycles. The molecule has 0 saturated carbocycles. The van der Waals surface area contributed by atoms with Gasteiger partial charge in [-0.15, -0.1) is 0 Å². The van der Waals surface area contributed by atoms with Crippen molar-refractivity contribution in [2.45, 2.75) is 30.2 Å². The van der Waals surface area contributed by atoms with E-state index in [2.05, 4.69) is 20.1 Å². The van der Waals surface area contributed by atoms with Gasteiger partial charge in [0.2, 0.25) is 10.0 Å². The van der Waals surface area contributed by atoms with Crippen LogP contribution in [0, 0.1) is 0 Å². The van der Waals surface area contributed by atoms with Crippen LogP contribution in [0.5, 0.6) is 5.75 Å². The van der Waals surface area contributed by atoms with Crippen molar-refractivity contribution in [3.8, 4) is 17.3 Å². The molecule has 1 saturated heterocycles. The van der Waals surface area contributed by atoms with Crippen LogP contribution >= 0.6 is 0 Å². The monoisotopic (exact) mass is 401 g/mol. The lowest BCUT2D eigenvalue weighted by molar-refractivity contribution is 0.369. The summed E-state index contributed by atoms with van der Waals surface area (Å²) in [5.74, 6) is 1.33. The van der Waals surface area contributed by atoms with Crippen LogP contribution in [-0.4, -0.2) is 52.5 Å². The van der Waals surface area contributed by atoms with E-state index in [4.69, 9.17) is 9.26 Å². The molecule has 0 N–H and O–H groups in total. The van der Waals surface area contributed by atoms with Crippen molar-refractivity contribution in [3.63, 3.8) is 0 Å². The summed E-state index contributed by atoms with van der Waals surface area (Å²) in [6, 6.07) is 6.18. The van der Waals surface area contributed by atoms with Gasteiger partial charge in [0.05, 0.1) is 18.2 Å². The van der Waals surface area contributed by atoms with E-state index in [0.29, 0.717) is 30.2 Å². The fourth-order valence-electron chi connectivity index (χ4n) is 3.27. The fourth-order valence-corrected chi connectivity index (χ4v) is 4.97. The first-order valence-electron chi connectivity index (χ1n) is 8.83. The summed E-state index contributed by atoms with van der Waals surface area (Å²) in [4.78, 5) is 12.7. The smallest absolute Gasteiger partial charge is 0.278 e. The Morgan fingerprint density at radius 2 is 2.07 bits per heavy atom.